The number of thiophene rings is 1. The number of nitrogens with two attached hydrogens (primary N) is 1. The monoisotopic (exact) mass is 302 g/mol. The van der Waals surface area contributed by atoms with Crippen LogP contribution in [0.1, 0.15) is 22.0 Å². The van der Waals surface area contributed by atoms with Gasteiger partial charge >= 0.3 is 5.97 Å². The number of esters is 1. The van der Waals surface area contributed by atoms with Crippen molar-refractivity contribution in [1.29, 1.82) is 0 Å². The van der Waals surface area contributed by atoms with Crippen molar-refractivity contribution >= 4 is 23.0 Å². The normalized spacial score (nSPS) is 16.2. The largest absolute Gasteiger partial charge is 0.468 e. The molecule has 0 saturated heterocycles. The molecular formula is C16H18N2O2S. The predicted octanol–water partition coefficient (Wildman–Crippen LogP) is 2.60. The highest BCUT2D eigenvalue weighted by Crippen LogP contribution is 2.33. The molecule has 0 amide bonds. The van der Waals surface area contributed by atoms with Gasteiger partial charge in [-0.25, -0.2) is 4.79 Å². The zero-order valence-corrected chi connectivity index (χ0v) is 12.7. The topological polar surface area (TPSA) is 55.6 Å². The van der Waals surface area contributed by atoms with Crippen molar-refractivity contribution in [3.63, 3.8) is 0 Å². The molecule has 1 aromatic heterocycles. The summed E-state index contributed by atoms with van der Waals surface area (Å²) in [4.78, 5) is 15.9. The molecule has 0 radical (unpaired) electrons. The van der Waals surface area contributed by atoms with Crippen molar-refractivity contribution in [2.24, 2.45) is 0 Å². The Kier molecular flexibility index (Phi) is 3.94. The summed E-state index contributed by atoms with van der Waals surface area (Å²) in [5.74, 6) is -0.258. The van der Waals surface area contributed by atoms with Crippen LogP contribution in [0.15, 0.2) is 35.7 Å². The third-order valence-corrected chi connectivity index (χ3v) is 4.94. The molecule has 2 N–H and O–H groups in total. The third-order valence-electron chi connectivity index (χ3n) is 3.92. The van der Waals surface area contributed by atoms with Crippen LogP contribution in [0.5, 0.6) is 0 Å². The average Bonchev–Trinajstić information content (AvgIpc) is 2.97. The zero-order valence-electron chi connectivity index (χ0n) is 11.9. The van der Waals surface area contributed by atoms with E-state index in [4.69, 9.17) is 10.5 Å². The summed E-state index contributed by atoms with van der Waals surface area (Å²) in [6.07, 6.45) is 0.966. The summed E-state index contributed by atoms with van der Waals surface area (Å²) in [6.45, 7) is 1.59. The third kappa shape index (κ3) is 2.66. The number of rotatable bonds is 3. The zero-order chi connectivity index (χ0) is 14.8. The standard InChI is InChI=1S/C16H18N2O2S/c1-20-16(19)15(12-4-2-3-5-13(12)17)18-8-6-14-11(10-18)7-9-21-14/h2-5,7,9,15H,6,8,10,17H2,1H3/t15-/m0/s1. The second-order valence-corrected chi connectivity index (χ2v) is 6.14. The van der Waals surface area contributed by atoms with Gasteiger partial charge in [0.15, 0.2) is 0 Å². The molecule has 1 aromatic carbocycles. The fourth-order valence-corrected chi connectivity index (χ4v) is 3.72. The van der Waals surface area contributed by atoms with E-state index in [0.29, 0.717) is 5.69 Å². The molecular weight excluding hydrogens is 284 g/mol. The van der Waals surface area contributed by atoms with Crippen LogP contribution in [0.2, 0.25) is 0 Å². The van der Waals surface area contributed by atoms with Gasteiger partial charge in [0.25, 0.3) is 0 Å². The Morgan fingerprint density at radius 1 is 1.38 bits per heavy atom. The lowest BCUT2D eigenvalue weighted by molar-refractivity contribution is -0.147. The number of hydrogen-bond donors (Lipinski definition) is 1. The number of fused-ring (bicyclic) bond motifs is 1. The minimum Gasteiger partial charge on any atom is -0.468 e. The summed E-state index contributed by atoms with van der Waals surface area (Å²) < 4.78 is 5.01. The van der Waals surface area contributed by atoms with E-state index in [0.717, 1.165) is 25.1 Å². The van der Waals surface area contributed by atoms with Crippen molar-refractivity contribution in [2.45, 2.75) is 19.0 Å². The lowest BCUT2D eigenvalue weighted by atomic mass is 10.00. The Bertz CT molecular complexity index is 653. The van der Waals surface area contributed by atoms with Gasteiger partial charge in [0.1, 0.15) is 6.04 Å². The average molecular weight is 302 g/mol. The SMILES string of the molecule is COC(=O)[C@H](c1ccccc1N)N1CCc2sccc2C1. The molecule has 110 valence electrons. The highest BCUT2D eigenvalue weighted by molar-refractivity contribution is 7.10. The van der Waals surface area contributed by atoms with E-state index in [9.17, 15) is 4.79 Å². The van der Waals surface area contributed by atoms with E-state index in [2.05, 4.69) is 16.3 Å². The van der Waals surface area contributed by atoms with Crippen LogP contribution in [0.4, 0.5) is 5.69 Å². The number of nitrogen functional groups attached to an aromatic ring is 1. The molecule has 4 nitrogen and oxygen atoms in total. The Balaban J connectivity index is 1.94. The molecule has 0 bridgehead atoms. The van der Waals surface area contributed by atoms with Crippen LogP contribution in [-0.4, -0.2) is 24.5 Å². The van der Waals surface area contributed by atoms with E-state index in [-0.39, 0.29) is 5.97 Å². The smallest absolute Gasteiger partial charge is 0.327 e. The summed E-state index contributed by atoms with van der Waals surface area (Å²) in [6, 6.07) is 9.20. The molecule has 1 atom stereocenters. The summed E-state index contributed by atoms with van der Waals surface area (Å²) in [5.41, 5.74) is 8.81. The number of para-hydroxylation sites is 1. The van der Waals surface area contributed by atoms with E-state index < -0.39 is 6.04 Å². The van der Waals surface area contributed by atoms with Gasteiger partial charge in [-0.3, -0.25) is 4.90 Å². The van der Waals surface area contributed by atoms with Crippen molar-refractivity contribution < 1.29 is 9.53 Å². The minimum absolute atomic E-state index is 0.258. The summed E-state index contributed by atoms with van der Waals surface area (Å²) in [7, 11) is 1.43. The van der Waals surface area contributed by atoms with Crippen LogP contribution in [-0.2, 0) is 22.5 Å². The Morgan fingerprint density at radius 3 is 2.95 bits per heavy atom. The second kappa shape index (κ2) is 5.87. The minimum atomic E-state index is -0.441. The Labute approximate surface area is 128 Å². The molecule has 2 aromatic rings. The van der Waals surface area contributed by atoms with Crippen LogP contribution in [0.25, 0.3) is 0 Å². The van der Waals surface area contributed by atoms with Gasteiger partial charge in [-0.1, -0.05) is 18.2 Å². The molecule has 0 fully saturated rings. The molecule has 3 rings (SSSR count). The summed E-state index contributed by atoms with van der Waals surface area (Å²) in [5, 5.41) is 2.11. The van der Waals surface area contributed by atoms with Gasteiger partial charge in [0.05, 0.1) is 7.11 Å². The highest BCUT2D eigenvalue weighted by Gasteiger charge is 2.32. The van der Waals surface area contributed by atoms with Gasteiger partial charge in [-0.05, 0) is 29.5 Å². The van der Waals surface area contributed by atoms with Crippen LogP contribution in [0.3, 0.4) is 0 Å². The maximum Gasteiger partial charge on any atom is 0.327 e. The van der Waals surface area contributed by atoms with E-state index in [1.165, 1.54) is 17.6 Å². The Morgan fingerprint density at radius 2 is 2.19 bits per heavy atom. The molecule has 0 spiro atoms. The van der Waals surface area contributed by atoms with Gasteiger partial charge < -0.3 is 10.5 Å². The van der Waals surface area contributed by atoms with E-state index in [1.807, 2.05) is 24.3 Å². The van der Waals surface area contributed by atoms with Gasteiger partial charge in [0, 0.05) is 29.2 Å². The van der Waals surface area contributed by atoms with E-state index >= 15 is 0 Å². The number of anilines is 1. The molecule has 0 aliphatic carbocycles. The molecule has 5 heteroatoms. The predicted molar refractivity (Wildman–Crippen MR) is 84.0 cm³/mol. The number of carbonyl (C=O) groups excluding carboxylic acids is 1. The quantitative estimate of drug-likeness (QED) is 0.699. The van der Waals surface area contributed by atoms with Gasteiger partial charge in [0.2, 0.25) is 0 Å². The fourth-order valence-electron chi connectivity index (χ4n) is 2.83. The molecule has 0 saturated carbocycles. The summed E-state index contributed by atoms with van der Waals surface area (Å²) >= 11 is 1.78. The number of carbonyl (C=O) groups is 1. The molecule has 1 aliphatic heterocycles. The van der Waals surface area contributed by atoms with Gasteiger partial charge in [-0.15, -0.1) is 11.3 Å². The van der Waals surface area contributed by atoms with Crippen LogP contribution < -0.4 is 5.73 Å². The lowest BCUT2D eigenvalue weighted by Crippen LogP contribution is -2.38. The fraction of sp³-hybridized carbons (Fsp3) is 0.312. The van der Waals surface area contributed by atoms with Gasteiger partial charge in [-0.2, -0.15) is 0 Å². The molecule has 2 heterocycles. The lowest BCUT2D eigenvalue weighted by Gasteiger charge is -2.33. The maximum atomic E-state index is 12.3. The first-order valence-corrected chi connectivity index (χ1v) is 7.80. The second-order valence-electron chi connectivity index (χ2n) is 5.14. The number of nitrogens with zero attached hydrogens (tertiary/aromatic N) is 1. The first-order valence-electron chi connectivity index (χ1n) is 6.92. The number of ether oxygens (including phenoxy) is 1. The van der Waals surface area contributed by atoms with Crippen molar-refractivity contribution in [2.75, 3.05) is 19.4 Å². The number of hydrogen-bond acceptors (Lipinski definition) is 5. The van der Waals surface area contributed by atoms with Crippen molar-refractivity contribution in [1.82, 2.24) is 4.90 Å². The highest BCUT2D eigenvalue weighted by atomic mass is 32.1. The van der Waals surface area contributed by atoms with Crippen molar-refractivity contribution in [3.05, 3.63) is 51.7 Å². The molecule has 0 unspecified atom stereocenters. The molecule has 21 heavy (non-hydrogen) atoms. The number of benzene rings is 1. The first-order chi connectivity index (χ1) is 10.2. The first kappa shape index (κ1) is 14.1. The van der Waals surface area contributed by atoms with Crippen LogP contribution >= 0.6 is 11.3 Å². The van der Waals surface area contributed by atoms with Crippen LogP contribution in [0, 0.1) is 0 Å². The number of methoxy groups -OCH3 is 1. The van der Waals surface area contributed by atoms with Crippen molar-refractivity contribution in [3.8, 4) is 0 Å². The molecule has 1 aliphatic rings. The van der Waals surface area contributed by atoms with E-state index in [1.54, 1.807) is 11.3 Å². The Hall–Kier alpha value is -1.85. The maximum absolute atomic E-state index is 12.3.